The Kier molecular flexibility index (Phi) is 6.74. The van der Waals surface area contributed by atoms with Gasteiger partial charge in [-0.1, -0.05) is 0 Å². The first-order valence-corrected chi connectivity index (χ1v) is 12.4. The summed E-state index contributed by atoms with van der Waals surface area (Å²) in [7, 11) is 3.92. The van der Waals surface area contributed by atoms with Crippen LogP contribution in [0.3, 0.4) is 0 Å². The van der Waals surface area contributed by atoms with Crippen molar-refractivity contribution < 1.29 is 36.5 Å². The molecule has 2 aliphatic rings. The van der Waals surface area contributed by atoms with Gasteiger partial charge in [-0.15, -0.1) is 0 Å². The molecule has 0 saturated carbocycles. The normalized spacial score (nSPS) is 17.3. The molecule has 14 heteroatoms. The van der Waals surface area contributed by atoms with Gasteiger partial charge in [-0.2, -0.15) is 0 Å². The molecular formula is C23H25F2N5O6S. The van der Waals surface area contributed by atoms with Gasteiger partial charge in [-0.05, 0) is 6.07 Å². The van der Waals surface area contributed by atoms with Gasteiger partial charge in [0, 0.05) is 49.9 Å². The molecule has 1 unspecified atom stereocenters. The maximum absolute atomic E-state index is 15.2. The number of pyridine rings is 1. The summed E-state index contributed by atoms with van der Waals surface area (Å²) in [6.45, 7) is 2.64. The average Bonchev–Trinajstić information content (AvgIpc) is 3.25. The molecule has 11 nitrogen and oxygen atoms in total. The minimum absolute atomic E-state index is 0.197. The van der Waals surface area contributed by atoms with Gasteiger partial charge in [0.05, 0.1) is 45.4 Å². The van der Waals surface area contributed by atoms with Crippen molar-refractivity contribution in [3.63, 3.8) is 0 Å². The summed E-state index contributed by atoms with van der Waals surface area (Å²) in [5.41, 5.74) is 1.08. The van der Waals surface area contributed by atoms with Crippen molar-refractivity contribution in [2.45, 2.75) is 13.1 Å². The summed E-state index contributed by atoms with van der Waals surface area (Å²) in [6, 6.07) is 2.08. The smallest absolute Gasteiger partial charge is 0.329 e. The van der Waals surface area contributed by atoms with Gasteiger partial charge < -0.3 is 14.2 Å². The van der Waals surface area contributed by atoms with Crippen LogP contribution in [0.5, 0.6) is 11.5 Å². The number of fused-ring (bicyclic) bond motifs is 3. The topological polar surface area (TPSA) is 110 Å². The highest BCUT2D eigenvalue weighted by Crippen LogP contribution is 2.42. The van der Waals surface area contributed by atoms with E-state index in [4.69, 9.17) is 14.2 Å². The van der Waals surface area contributed by atoms with Gasteiger partial charge >= 0.3 is 6.03 Å². The molecule has 4 heterocycles. The SMILES string of the molecule is COc1cc(OC)c(F)c(N2Cc3cnc4c(cc(CN5CCOCC5)n4S(=O)O)c3N(C)C2=O)c1F. The van der Waals surface area contributed by atoms with E-state index in [1.165, 1.54) is 36.3 Å². The second kappa shape index (κ2) is 9.85. The molecule has 3 aromatic rings. The fraction of sp³-hybridized carbons (Fsp3) is 0.391. The predicted octanol–water partition coefficient (Wildman–Crippen LogP) is 2.73. The molecule has 2 amide bonds. The number of carbonyl (C=O) groups excluding carboxylic acids is 1. The number of aromatic nitrogens is 2. The number of nitrogens with zero attached hydrogens (tertiary/aromatic N) is 5. The van der Waals surface area contributed by atoms with Gasteiger partial charge in [0.25, 0.3) is 11.3 Å². The maximum Gasteiger partial charge on any atom is 0.329 e. The molecule has 198 valence electrons. The number of anilines is 2. The van der Waals surface area contributed by atoms with E-state index in [0.29, 0.717) is 55.2 Å². The Morgan fingerprint density at radius 2 is 1.76 bits per heavy atom. The second-order valence-corrected chi connectivity index (χ2v) is 9.43. The Labute approximate surface area is 213 Å². The van der Waals surface area contributed by atoms with Crippen LogP contribution in [-0.2, 0) is 29.1 Å². The lowest BCUT2D eigenvalue weighted by molar-refractivity contribution is 0.0336. The van der Waals surface area contributed by atoms with E-state index in [1.807, 2.05) is 0 Å². The summed E-state index contributed by atoms with van der Waals surface area (Å²) < 4.78 is 69.4. The third-order valence-electron chi connectivity index (χ3n) is 6.55. The Morgan fingerprint density at radius 1 is 1.11 bits per heavy atom. The monoisotopic (exact) mass is 537 g/mol. The molecule has 1 N–H and O–H groups in total. The van der Waals surface area contributed by atoms with Crippen molar-refractivity contribution >= 4 is 39.7 Å². The van der Waals surface area contributed by atoms with Gasteiger partial charge in [0.2, 0.25) is 0 Å². The molecule has 2 aliphatic heterocycles. The fourth-order valence-electron chi connectivity index (χ4n) is 4.79. The summed E-state index contributed by atoms with van der Waals surface area (Å²) in [5.74, 6) is -2.65. The Hall–Kier alpha value is -3.33. The largest absolute Gasteiger partial charge is 0.493 e. The predicted molar refractivity (Wildman–Crippen MR) is 131 cm³/mol. The zero-order valence-corrected chi connectivity index (χ0v) is 21.2. The number of morpholine rings is 1. The Balaban J connectivity index is 1.62. The summed E-state index contributed by atoms with van der Waals surface area (Å²) in [5, 5.41) is 0.475. The van der Waals surface area contributed by atoms with Crippen molar-refractivity contribution in [3.05, 3.63) is 41.2 Å². The molecular weight excluding hydrogens is 512 g/mol. The lowest BCUT2D eigenvalue weighted by Gasteiger charge is -2.35. The highest BCUT2D eigenvalue weighted by molar-refractivity contribution is 7.77. The number of hydrogen-bond donors (Lipinski definition) is 1. The van der Waals surface area contributed by atoms with Crippen LogP contribution in [0.4, 0.5) is 25.0 Å². The van der Waals surface area contributed by atoms with Crippen molar-refractivity contribution in [1.29, 1.82) is 0 Å². The van der Waals surface area contributed by atoms with Crippen LogP contribution in [-0.4, -0.2) is 76.2 Å². The third-order valence-corrected chi connectivity index (χ3v) is 7.27. The lowest BCUT2D eigenvalue weighted by atomic mass is 10.1. The van der Waals surface area contributed by atoms with E-state index in [0.717, 1.165) is 11.0 Å². The molecule has 0 bridgehead atoms. The van der Waals surface area contributed by atoms with Crippen LogP contribution in [0.15, 0.2) is 18.3 Å². The fourth-order valence-corrected chi connectivity index (χ4v) is 5.39. The number of carbonyl (C=O) groups is 1. The lowest BCUT2D eigenvalue weighted by Crippen LogP contribution is -2.46. The van der Waals surface area contributed by atoms with E-state index in [9.17, 15) is 13.6 Å². The molecule has 1 saturated heterocycles. The number of methoxy groups -OCH3 is 2. The van der Waals surface area contributed by atoms with Crippen LogP contribution in [0.1, 0.15) is 11.3 Å². The molecule has 1 atom stereocenters. The van der Waals surface area contributed by atoms with Crippen LogP contribution >= 0.6 is 0 Å². The molecule has 1 aromatic carbocycles. The number of urea groups is 1. The molecule has 37 heavy (non-hydrogen) atoms. The zero-order chi connectivity index (χ0) is 26.4. The van der Waals surface area contributed by atoms with Crippen molar-refractivity contribution in [1.82, 2.24) is 13.9 Å². The second-order valence-electron chi connectivity index (χ2n) is 8.60. The standard InChI is InChI=1S/C23H25F2N5O6S/c1-27-20-13(11-29(23(27)31)21-18(24)16(34-2)9-17(35-3)19(21)25)10-26-22-15(20)8-14(30(22)37(32)33)12-28-4-6-36-7-5-28/h8-10H,4-7,11-12H2,1-3H3,(H,32,33). The van der Waals surface area contributed by atoms with Crippen LogP contribution in [0, 0.1) is 11.6 Å². The van der Waals surface area contributed by atoms with Crippen LogP contribution in [0.25, 0.3) is 11.0 Å². The van der Waals surface area contributed by atoms with E-state index >= 15 is 8.78 Å². The van der Waals surface area contributed by atoms with E-state index in [1.54, 1.807) is 6.07 Å². The molecule has 0 radical (unpaired) electrons. The minimum atomic E-state index is -2.40. The highest BCUT2D eigenvalue weighted by atomic mass is 32.2. The number of amides is 2. The average molecular weight is 538 g/mol. The first-order valence-electron chi connectivity index (χ1n) is 11.4. The number of rotatable bonds is 6. The molecule has 1 fully saturated rings. The van der Waals surface area contributed by atoms with Crippen molar-refractivity contribution in [3.8, 4) is 11.5 Å². The van der Waals surface area contributed by atoms with E-state index in [-0.39, 0.29) is 23.7 Å². The maximum atomic E-state index is 15.2. The highest BCUT2D eigenvalue weighted by Gasteiger charge is 2.37. The van der Waals surface area contributed by atoms with Gasteiger partial charge in [0.1, 0.15) is 5.69 Å². The van der Waals surface area contributed by atoms with Crippen molar-refractivity contribution in [2.75, 3.05) is 57.4 Å². The molecule has 0 spiro atoms. The first kappa shape index (κ1) is 25.3. The van der Waals surface area contributed by atoms with Crippen molar-refractivity contribution in [2.24, 2.45) is 0 Å². The summed E-state index contributed by atoms with van der Waals surface area (Å²) >= 11 is -2.40. The number of halogens is 2. The van der Waals surface area contributed by atoms with Crippen LogP contribution < -0.4 is 19.3 Å². The quantitative estimate of drug-likeness (QED) is 0.478. The van der Waals surface area contributed by atoms with E-state index in [2.05, 4.69) is 9.88 Å². The van der Waals surface area contributed by atoms with Gasteiger partial charge in [-0.25, -0.2) is 26.7 Å². The zero-order valence-electron chi connectivity index (χ0n) is 20.4. The van der Waals surface area contributed by atoms with Crippen LogP contribution in [0.2, 0.25) is 0 Å². The number of hydrogen-bond acceptors (Lipinski definition) is 7. The number of benzene rings is 1. The summed E-state index contributed by atoms with van der Waals surface area (Å²) in [4.78, 5) is 22.1. The molecule has 0 aliphatic carbocycles. The summed E-state index contributed by atoms with van der Waals surface area (Å²) in [6.07, 6.45) is 1.43. The van der Waals surface area contributed by atoms with Gasteiger partial charge in [0.15, 0.2) is 28.8 Å². The molecule has 5 rings (SSSR count). The molecule has 2 aromatic heterocycles. The Bertz CT molecular complexity index is 1380. The van der Waals surface area contributed by atoms with Gasteiger partial charge in [-0.3, -0.25) is 19.3 Å². The van der Waals surface area contributed by atoms with E-state index < -0.39 is 34.6 Å². The minimum Gasteiger partial charge on any atom is -0.493 e. The number of ether oxygens (including phenoxy) is 3. The third kappa shape index (κ3) is 4.19. The Morgan fingerprint density at radius 3 is 2.35 bits per heavy atom. The first-order chi connectivity index (χ1) is 17.8.